The number of hydrogen-bond donors (Lipinski definition) is 1. The van der Waals surface area contributed by atoms with Crippen LogP contribution in [0.1, 0.15) is 52.6 Å². The Morgan fingerprint density at radius 1 is 1.38 bits per heavy atom. The average Bonchev–Trinajstić information content (AvgIpc) is 2.94. The zero-order chi connectivity index (χ0) is 15.7. The van der Waals surface area contributed by atoms with Crippen LogP contribution in [0.2, 0.25) is 0 Å². The Kier molecular flexibility index (Phi) is 4.44. The Morgan fingerprint density at radius 2 is 2.00 bits per heavy atom. The van der Waals surface area contributed by atoms with Crippen LogP contribution in [0.4, 0.5) is 0 Å². The van der Waals surface area contributed by atoms with E-state index in [1.807, 2.05) is 33.8 Å². The third kappa shape index (κ3) is 3.29. The van der Waals surface area contributed by atoms with Gasteiger partial charge in [0.1, 0.15) is 0 Å². The lowest BCUT2D eigenvalue weighted by Crippen LogP contribution is -2.41. The van der Waals surface area contributed by atoms with Gasteiger partial charge in [0, 0.05) is 17.7 Å². The number of carbonyl (C=O) groups excluding carboxylic acids is 1. The van der Waals surface area contributed by atoms with Crippen molar-refractivity contribution >= 4 is 13.1 Å². The summed E-state index contributed by atoms with van der Waals surface area (Å²) in [6.45, 7) is 10.1. The number of nitrogens with one attached hydrogen (secondary N) is 1. The van der Waals surface area contributed by atoms with E-state index in [1.165, 1.54) is 0 Å². The fraction of sp³-hybridized carbons (Fsp3) is 0.714. The van der Waals surface area contributed by atoms with E-state index in [1.54, 1.807) is 13.1 Å². The van der Waals surface area contributed by atoms with Gasteiger partial charge in [0.15, 0.2) is 0 Å². The van der Waals surface area contributed by atoms with Crippen molar-refractivity contribution in [1.82, 2.24) is 10.2 Å². The molecule has 21 heavy (non-hydrogen) atoms. The number of nitrogens with zero attached hydrogens (tertiary/aromatic N) is 1. The molecule has 1 N–H and O–H groups in total. The Morgan fingerprint density at radius 3 is 2.48 bits per heavy atom. The monoisotopic (exact) mass is 294 g/mol. The lowest BCUT2D eigenvalue weighted by atomic mass is 9.68. The van der Waals surface area contributed by atoms with Crippen molar-refractivity contribution in [2.45, 2.75) is 58.1 Å². The van der Waals surface area contributed by atoms with Crippen LogP contribution in [-0.4, -0.2) is 41.1 Å². The highest BCUT2D eigenvalue weighted by molar-refractivity contribution is 6.48. The lowest BCUT2D eigenvalue weighted by Gasteiger charge is -2.32. The Hall–Kier alpha value is -1.34. The van der Waals surface area contributed by atoms with E-state index in [9.17, 15) is 4.79 Å². The number of esters is 1. The summed E-state index contributed by atoms with van der Waals surface area (Å²) in [6.07, 6.45) is 1.84. The molecule has 0 saturated carbocycles. The van der Waals surface area contributed by atoms with Crippen LogP contribution in [0.3, 0.4) is 0 Å². The number of aromatic amines is 1. The largest absolute Gasteiger partial charge is 0.468 e. The van der Waals surface area contributed by atoms with Crippen molar-refractivity contribution in [3.05, 3.63) is 18.0 Å². The van der Waals surface area contributed by atoms with Gasteiger partial charge in [-0.25, -0.2) is 0 Å². The van der Waals surface area contributed by atoms with Gasteiger partial charge in [-0.1, -0.05) is 0 Å². The third-order valence-electron chi connectivity index (χ3n) is 4.21. The van der Waals surface area contributed by atoms with Gasteiger partial charge in [-0.2, -0.15) is 5.10 Å². The van der Waals surface area contributed by atoms with E-state index < -0.39 is 18.3 Å². The van der Waals surface area contributed by atoms with Gasteiger partial charge in [0.2, 0.25) is 0 Å². The molecule has 7 heteroatoms. The first-order chi connectivity index (χ1) is 9.77. The molecular formula is C14H23BN2O4. The predicted octanol–water partition coefficient (Wildman–Crippen LogP) is 2.08. The van der Waals surface area contributed by atoms with Crippen molar-refractivity contribution < 1.29 is 18.8 Å². The SMILES string of the molecule is CCOC(=O)CC(B1OC(C)(C)C(C)(C)O1)c1ccn[nH]1. The minimum absolute atomic E-state index is 0.187. The zero-order valence-electron chi connectivity index (χ0n) is 13.3. The molecular weight excluding hydrogens is 271 g/mol. The van der Waals surface area contributed by atoms with E-state index in [-0.39, 0.29) is 18.2 Å². The summed E-state index contributed by atoms with van der Waals surface area (Å²) in [7, 11) is -0.514. The number of hydrogen-bond acceptors (Lipinski definition) is 5. The molecule has 1 unspecified atom stereocenters. The number of aromatic nitrogens is 2. The van der Waals surface area contributed by atoms with Crippen LogP contribution in [-0.2, 0) is 18.8 Å². The highest BCUT2D eigenvalue weighted by Gasteiger charge is 2.54. The molecule has 2 heterocycles. The third-order valence-corrected chi connectivity index (χ3v) is 4.21. The van der Waals surface area contributed by atoms with Crippen LogP contribution >= 0.6 is 0 Å². The first-order valence-corrected chi connectivity index (χ1v) is 7.27. The van der Waals surface area contributed by atoms with Crippen molar-refractivity contribution in [1.29, 1.82) is 0 Å². The summed E-state index contributed by atoms with van der Waals surface area (Å²) < 4.78 is 17.2. The molecule has 0 aromatic carbocycles. The highest BCUT2D eigenvalue weighted by Crippen LogP contribution is 2.41. The normalized spacial score (nSPS) is 21.3. The minimum Gasteiger partial charge on any atom is -0.466 e. The molecule has 0 spiro atoms. The van der Waals surface area contributed by atoms with Gasteiger partial charge in [-0.15, -0.1) is 0 Å². The van der Waals surface area contributed by atoms with Crippen molar-refractivity contribution in [2.24, 2.45) is 0 Å². The highest BCUT2D eigenvalue weighted by atomic mass is 16.7. The maximum Gasteiger partial charge on any atom is 0.468 e. The Balaban J connectivity index is 2.19. The molecule has 1 aliphatic heterocycles. The predicted molar refractivity (Wildman–Crippen MR) is 78.7 cm³/mol. The standard InChI is InChI=1S/C14H23BN2O4/c1-6-19-12(18)9-10(11-7-8-16-17-11)15-20-13(2,3)14(4,5)21-15/h7-8,10H,6,9H2,1-5H3,(H,16,17). The second-order valence-corrected chi connectivity index (χ2v) is 6.25. The van der Waals surface area contributed by atoms with Gasteiger partial charge < -0.3 is 14.0 Å². The summed E-state index contributed by atoms with van der Waals surface area (Å²) in [6, 6.07) is 1.83. The quantitative estimate of drug-likeness (QED) is 0.665. The van der Waals surface area contributed by atoms with Crippen LogP contribution in [0.25, 0.3) is 0 Å². The number of H-pyrrole nitrogens is 1. The molecule has 1 aromatic rings. The molecule has 116 valence electrons. The fourth-order valence-electron chi connectivity index (χ4n) is 2.28. The van der Waals surface area contributed by atoms with Gasteiger partial charge in [-0.05, 0) is 40.7 Å². The molecule has 1 fully saturated rings. The smallest absolute Gasteiger partial charge is 0.466 e. The number of rotatable bonds is 5. The molecule has 0 amide bonds. The molecule has 1 aliphatic rings. The van der Waals surface area contributed by atoms with Gasteiger partial charge >= 0.3 is 13.1 Å². The first kappa shape index (κ1) is 16.0. The second kappa shape index (κ2) is 5.81. The van der Waals surface area contributed by atoms with Crippen LogP contribution in [0.5, 0.6) is 0 Å². The van der Waals surface area contributed by atoms with Crippen molar-refractivity contribution in [2.75, 3.05) is 6.61 Å². The Labute approximate surface area is 125 Å². The summed E-state index contributed by atoms with van der Waals surface area (Å²) in [4.78, 5) is 11.9. The van der Waals surface area contributed by atoms with E-state index in [4.69, 9.17) is 14.0 Å². The maximum absolute atomic E-state index is 11.9. The van der Waals surface area contributed by atoms with Crippen LogP contribution in [0, 0.1) is 0 Å². The fourth-order valence-corrected chi connectivity index (χ4v) is 2.28. The van der Waals surface area contributed by atoms with E-state index in [2.05, 4.69) is 10.2 Å². The summed E-state index contributed by atoms with van der Waals surface area (Å²) in [5.41, 5.74) is -0.0728. The van der Waals surface area contributed by atoms with Gasteiger partial charge in [0.05, 0.1) is 24.2 Å². The maximum atomic E-state index is 11.9. The number of ether oxygens (including phenoxy) is 1. The molecule has 0 radical (unpaired) electrons. The summed E-state index contributed by atoms with van der Waals surface area (Å²) >= 11 is 0. The van der Waals surface area contributed by atoms with E-state index >= 15 is 0 Å². The molecule has 1 atom stereocenters. The minimum atomic E-state index is -0.514. The van der Waals surface area contributed by atoms with Gasteiger partial charge in [0.25, 0.3) is 0 Å². The molecule has 6 nitrogen and oxygen atoms in total. The summed E-state index contributed by atoms with van der Waals surface area (Å²) in [5.74, 6) is -0.542. The van der Waals surface area contributed by atoms with Crippen molar-refractivity contribution in [3.63, 3.8) is 0 Å². The Bertz CT molecular complexity index is 471. The molecule has 1 aromatic heterocycles. The lowest BCUT2D eigenvalue weighted by molar-refractivity contribution is -0.143. The summed E-state index contributed by atoms with van der Waals surface area (Å²) in [5, 5.41) is 6.85. The van der Waals surface area contributed by atoms with Crippen molar-refractivity contribution in [3.8, 4) is 0 Å². The first-order valence-electron chi connectivity index (χ1n) is 7.27. The van der Waals surface area contributed by atoms with E-state index in [0.29, 0.717) is 6.61 Å². The van der Waals surface area contributed by atoms with E-state index in [0.717, 1.165) is 5.69 Å². The van der Waals surface area contributed by atoms with Crippen LogP contribution < -0.4 is 0 Å². The number of carbonyl (C=O) groups is 1. The topological polar surface area (TPSA) is 73.4 Å². The molecule has 2 rings (SSSR count). The molecule has 0 aliphatic carbocycles. The van der Waals surface area contributed by atoms with Gasteiger partial charge in [-0.3, -0.25) is 9.89 Å². The second-order valence-electron chi connectivity index (χ2n) is 6.25. The molecule has 0 bridgehead atoms. The van der Waals surface area contributed by atoms with Crippen LogP contribution in [0.15, 0.2) is 12.3 Å². The zero-order valence-corrected chi connectivity index (χ0v) is 13.3. The molecule has 1 saturated heterocycles. The average molecular weight is 294 g/mol.